The molecule has 1 aromatic rings. The van der Waals surface area contributed by atoms with E-state index < -0.39 is 0 Å². The Morgan fingerprint density at radius 2 is 1.72 bits per heavy atom. The van der Waals surface area contributed by atoms with E-state index in [4.69, 9.17) is 11.6 Å². The number of benzene rings is 1. The fraction of sp³-hybridized carbons (Fsp3) is 0.625. The van der Waals surface area contributed by atoms with Gasteiger partial charge in [0.15, 0.2) is 0 Å². The Morgan fingerprint density at radius 3 is 2.11 bits per heavy atom. The van der Waals surface area contributed by atoms with Crippen LogP contribution in [0.1, 0.15) is 38.7 Å². The van der Waals surface area contributed by atoms with Crippen LogP contribution in [0.4, 0.5) is 0 Å². The first kappa shape index (κ1) is 13.9. The molecule has 0 heterocycles. The van der Waals surface area contributed by atoms with Crippen LogP contribution in [0, 0.1) is 5.41 Å². The lowest BCUT2D eigenvalue weighted by Crippen LogP contribution is -2.51. The standard InChI is InChI=1S/C16H24ClN/c1-15(2,12-18(3)4)16(10-5-11-16)13-6-8-14(17)9-7-13/h6-9H,5,10-12H2,1-4H3. The largest absolute Gasteiger partial charge is 0.309 e. The first-order valence-corrected chi connectivity index (χ1v) is 7.16. The molecule has 1 nitrogen and oxygen atoms in total. The molecule has 0 aliphatic heterocycles. The summed E-state index contributed by atoms with van der Waals surface area (Å²) in [5.74, 6) is 0. The zero-order valence-electron chi connectivity index (χ0n) is 12.0. The molecule has 0 bridgehead atoms. The minimum Gasteiger partial charge on any atom is -0.309 e. The van der Waals surface area contributed by atoms with Crippen molar-refractivity contribution in [2.75, 3.05) is 20.6 Å². The topological polar surface area (TPSA) is 3.24 Å². The fourth-order valence-corrected chi connectivity index (χ4v) is 3.72. The second-order valence-electron chi connectivity index (χ2n) is 6.56. The van der Waals surface area contributed by atoms with Crippen molar-refractivity contribution in [3.8, 4) is 0 Å². The highest BCUT2D eigenvalue weighted by Crippen LogP contribution is 2.55. The van der Waals surface area contributed by atoms with Crippen LogP contribution in [0.25, 0.3) is 0 Å². The smallest absolute Gasteiger partial charge is 0.0406 e. The van der Waals surface area contributed by atoms with Gasteiger partial charge >= 0.3 is 0 Å². The van der Waals surface area contributed by atoms with Crippen molar-refractivity contribution < 1.29 is 0 Å². The van der Waals surface area contributed by atoms with E-state index in [0.717, 1.165) is 11.6 Å². The van der Waals surface area contributed by atoms with E-state index in [1.54, 1.807) is 0 Å². The Kier molecular flexibility index (Phi) is 3.75. The van der Waals surface area contributed by atoms with Crippen LogP contribution in [0.2, 0.25) is 5.02 Å². The van der Waals surface area contributed by atoms with Gasteiger partial charge in [-0.05, 0) is 50.0 Å². The lowest BCUT2D eigenvalue weighted by Gasteiger charge is -2.54. The van der Waals surface area contributed by atoms with E-state index in [9.17, 15) is 0 Å². The Bertz CT molecular complexity index is 402. The van der Waals surface area contributed by atoms with Crippen LogP contribution in [0.3, 0.4) is 0 Å². The van der Waals surface area contributed by atoms with Crippen molar-refractivity contribution in [2.24, 2.45) is 5.41 Å². The molecule has 2 rings (SSSR count). The summed E-state index contributed by atoms with van der Waals surface area (Å²) in [6, 6.07) is 8.50. The Morgan fingerprint density at radius 1 is 1.17 bits per heavy atom. The number of halogens is 1. The maximum atomic E-state index is 6.01. The van der Waals surface area contributed by atoms with E-state index in [1.165, 1.54) is 24.8 Å². The molecule has 1 aliphatic rings. The zero-order valence-corrected chi connectivity index (χ0v) is 12.7. The van der Waals surface area contributed by atoms with Crippen LogP contribution in [-0.2, 0) is 5.41 Å². The highest BCUT2D eigenvalue weighted by atomic mass is 35.5. The number of rotatable bonds is 4. The normalized spacial score (nSPS) is 18.8. The summed E-state index contributed by atoms with van der Waals surface area (Å²) in [5, 5.41) is 0.832. The molecule has 18 heavy (non-hydrogen) atoms. The predicted molar refractivity (Wildman–Crippen MR) is 79.3 cm³/mol. The third-order valence-corrected chi connectivity index (χ3v) is 4.86. The molecular weight excluding hydrogens is 242 g/mol. The second-order valence-corrected chi connectivity index (χ2v) is 7.00. The Balaban J connectivity index is 2.33. The summed E-state index contributed by atoms with van der Waals surface area (Å²) in [6.07, 6.45) is 3.95. The number of nitrogens with zero attached hydrogens (tertiary/aromatic N) is 1. The van der Waals surface area contributed by atoms with Gasteiger partial charge in [-0.25, -0.2) is 0 Å². The third-order valence-electron chi connectivity index (χ3n) is 4.61. The maximum absolute atomic E-state index is 6.01. The third kappa shape index (κ3) is 2.31. The average molecular weight is 266 g/mol. The van der Waals surface area contributed by atoms with Gasteiger partial charge in [0, 0.05) is 17.0 Å². The molecule has 1 fully saturated rings. The van der Waals surface area contributed by atoms with E-state index in [1.807, 2.05) is 12.1 Å². The van der Waals surface area contributed by atoms with Gasteiger partial charge in [0.2, 0.25) is 0 Å². The highest BCUT2D eigenvalue weighted by Gasteiger charge is 2.50. The second kappa shape index (κ2) is 4.86. The van der Waals surface area contributed by atoms with Crippen molar-refractivity contribution in [3.63, 3.8) is 0 Å². The maximum Gasteiger partial charge on any atom is 0.0406 e. The van der Waals surface area contributed by atoms with Gasteiger partial charge in [-0.2, -0.15) is 0 Å². The van der Waals surface area contributed by atoms with Gasteiger partial charge in [-0.3, -0.25) is 0 Å². The molecule has 1 saturated carbocycles. The molecule has 2 heteroatoms. The average Bonchev–Trinajstić information content (AvgIpc) is 2.16. The van der Waals surface area contributed by atoms with Crippen LogP contribution in [-0.4, -0.2) is 25.5 Å². The minimum absolute atomic E-state index is 0.294. The van der Waals surface area contributed by atoms with E-state index in [2.05, 4.69) is 45.0 Å². The van der Waals surface area contributed by atoms with Gasteiger partial charge in [0.25, 0.3) is 0 Å². The predicted octanol–water partition coefficient (Wildman–Crippen LogP) is 4.35. The minimum atomic E-state index is 0.294. The number of hydrogen-bond acceptors (Lipinski definition) is 1. The first-order valence-electron chi connectivity index (χ1n) is 6.78. The lowest BCUT2D eigenvalue weighted by molar-refractivity contribution is 0.0443. The van der Waals surface area contributed by atoms with Crippen molar-refractivity contribution >= 4 is 11.6 Å². The Hall–Kier alpha value is -0.530. The van der Waals surface area contributed by atoms with Gasteiger partial charge in [0.1, 0.15) is 0 Å². The SMILES string of the molecule is CN(C)CC(C)(C)C1(c2ccc(Cl)cc2)CCC1. The van der Waals surface area contributed by atoms with Crippen molar-refractivity contribution in [1.29, 1.82) is 0 Å². The molecule has 1 aromatic carbocycles. The molecule has 100 valence electrons. The zero-order chi connectivity index (χ0) is 13.4. The van der Waals surface area contributed by atoms with E-state index >= 15 is 0 Å². The Labute approximate surface area is 116 Å². The molecule has 0 saturated heterocycles. The molecule has 0 radical (unpaired) electrons. The molecular formula is C16H24ClN. The molecule has 0 spiro atoms. The molecule has 0 atom stereocenters. The summed E-state index contributed by atoms with van der Waals surface area (Å²) >= 11 is 6.01. The summed E-state index contributed by atoms with van der Waals surface area (Å²) < 4.78 is 0. The summed E-state index contributed by atoms with van der Waals surface area (Å²) in [4.78, 5) is 2.30. The van der Waals surface area contributed by atoms with E-state index in [-0.39, 0.29) is 0 Å². The molecule has 1 aliphatic carbocycles. The molecule has 0 amide bonds. The van der Waals surface area contributed by atoms with Gasteiger partial charge in [-0.15, -0.1) is 0 Å². The van der Waals surface area contributed by atoms with Gasteiger partial charge < -0.3 is 4.90 Å². The first-order chi connectivity index (χ1) is 8.37. The van der Waals surface area contributed by atoms with Crippen molar-refractivity contribution in [3.05, 3.63) is 34.9 Å². The van der Waals surface area contributed by atoms with Gasteiger partial charge in [-0.1, -0.05) is 44.0 Å². The van der Waals surface area contributed by atoms with Gasteiger partial charge in [0.05, 0.1) is 0 Å². The summed E-state index contributed by atoms with van der Waals surface area (Å²) in [7, 11) is 4.33. The monoisotopic (exact) mass is 265 g/mol. The summed E-state index contributed by atoms with van der Waals surface area (Å²) in [5.41, 5.74) is 2.09. The molecule has 0 unspecified atom stereocenters. The van der Waals surface area contributed by atoms with Crippen LogP contribution in [0.15, 0.2) is 24.3 Å². The quantitative estimate of drug-likeness (QED) is 0.782. The number of hydrogen-bond donors (Lipinski definition) is 0. The van der Waals surface area contributed by atoms with E-state index in [0.29, 0.717) is 10.8 Å². The highest BCUT2D eigenvalue weighted by molar-refractivity contribution is 6.30. The fourth-order valence-electron chi connectivity index (χ4n) is 3.60. The lowest BCUT2D eigenvalue weighted by atomic mass is 9.51. The van der Waals surface area contributed by atoms with Crippen molar-refractivity contribution in [2.45, 2.75) is 38.5 Å². The van der Waals surface area contributed by atoms with Crippen LogP contribution >= 0.6 is 11.6 Å². The van der Waals surface area contributed by atoms with Crippen molar-refractivity contribution in [1.82, 2.24) is 4.90 Å². The summed E-state index contributed by atoms with van der Waals surface area (Å²) in [6.45, 7) is 5.93. The van der Waals surface area contributed by atoms with Crippen LogP contribution in [0.5, 0.6) is 0 Å². The van der Waals surface area contributed by atoms with Crippen LogP contribution < -0.4 is 0 Å². The molecule has 0 aromatic heterocycles. The molecule has 0 N–H and O–H groups in total.